The zero-order valence-electron chi connectivity index (χ0n) is 13.1. The Bertz CT molecular complexity index is 530. The molecule has 0 bridgehead atoms. The zero-order chi connectivity index (χ0) is 14.9. The minimum Gasteiger partial charge on any atom is -0.338 e. The number of hydrogen-bond acceptors (Lipinski definition) is 2. The van der Waals surface area contributed by atoms with Gasteiger partial charge in [0.15, 0.2) is 0 Å². The smallest absolute Gasteiger partial charge is 0.315 e. The van der Waals surface area contributed by atoms with Gasteiger partial charge in [-0.3, -0.25) is 0 Å². The van der Waals surface area contributed by atoms with Gasteiger partial charge in [0, 0.05) is 25.2 Å². The molecule has 4 nitrogen and oxygen atoms in total. The van der Waals surface area contributed by atoms with Crippen LogP contribution in [0.4, 0.5) is 4.79 Å². The lowest BCUT2D eigenvalue weighted by molar-refractivity contribution is 0.235. The van der Waals surface area contributed by atoms with E-state index in [-0.39, 0.29) is 12.1 Å². The van der Waals surface area contributed by atoms with Crippen LogP contribution in [0.25, 0.3) is 0 Å². The quantitative estimate of drug-likeness (QED) is 0.892. The van der Waals surface area contributed by atoms with Crippen molar-refractivity contribution in [1.82, 2.24) is 15.5 Å². The number of likely N-dealkylation sites (tertiary alicyclic amines) is 1. The van der Waals surface area contributed by atoms with Crippen LogP contribution in [0.2, 0.25) is 0 Å². The first-order chi connectivity index (χ1) is 10.8. The second kappa shape index (κ2) is 5.92. The molecule has 3 aliphatic rings. The average Bonchev–Trinajstić information content (AvgIpc) is 3.11. The van der Waals surface area contributed by atoms with Gasteiger partial charge in [0.2, 0.25) is 0 Å². The summed E-state index contributed by atoms with van der Waals surface area (Å²) in [5, 5.41) is 6.21. The Labute approximate surface area is 132 Å². The van der Waals surface area contributed by atoms with Crippen molar-refractivity contribution in [2.24, 2.45) is 5.92 Å². The number of carbonyl (C=O) groups is 1. The lowest BCUT2D eigenvalue weighted by atomic mass is 10.1. The van der Waals surface area contributed by atoms with Crippen LogP contribution in [0.3, 0.4) is 0 Å². The Morgan fingerprint density at radius 3 is 2.55 bits per heavy atom. The highest BCUT2D eigenvalue weighted by Gasteiger charge is 2.34. The second-order valence-electron chi connectivity index (χ2n) is 7.11. The molecule has 0 aromatic heterocycles. The molecule has 0 spiro atoms. The van der Waals surface area contributed by atoms with Gasteiger partial charge in [0.25, 0.3) is 0 Å². The number of carbonyl (C=O) groups excluding carboxylic acids is 1. The van der Waals surface area contributed by atoms with Crippen LogP contribution in [-0.4, -0.2) is 42.6 Å². The van der Waals surface area contributed by atoms with Gasteiger partial charge in [-0.1, -0.05) is 24.3 Å². The molecular weight excluding hydrogens is 274 g/mol. The molecule has 4 heteroatoms. The van der Waals surface area contributed by atoms with Crippen molar-refractivity contribution in [2.45, 2.75) is 44.2 Å². The lowest BCUT2D eigenvalue weighted by Gasteiger charge is -2.17. The highest BCUT2D eigenvalue weighted by Crippen LogP contribution is 2.31. The van der Waals surface area contributed by atoms with E-state index in [1.807, 2.05) is 0 Å². The lowest BCUT2D eigenvalue weighted by Crippen LogP contribution is -2.44. The van der Waals surface area contributed by atoms with Crippen LogP contribution >= 0.6 is 0 Å². The summed E-state index contributed by atoms with van der Waals surface area (Å²) >= 11 is 0. The fourth-order valence-corrected chi connectivity index (χ4v) is 3.93. The zero-order valence-corrected chi connectivity index (χ0v) is 13.1. The SMILES string of the molecule is O=C(NC[C@H]1CCN(C2CC2)C1)NC1Cc2ccccc2C1. The van der Waals surface area contributed by atoms with Crippen LogP contribution in [0.5, 0.6) is 0 Å². The van der Waals surface area contributed by atoms with Gasteiger partial charge in [0.05, 0.1) is 0 Å². The Hall–Kier alpha value is -1.55. The fourth-order valence-electron chi connectivity index (χ4n) is 3.93. The molecule has 2 aliphatic carbocycles. The first-order valence-corrected chi connectivity index (χ1v) is 8.63. The Balaban J connectivity index is 1.19. The number of nitrogens with zero attached hydrogens (tertiary/aromatic N) is 1. The maximum atomic E-state index is 12.1. The van der Waals surface area contributed by atoms with Crippen molar-refractivity contribution in [3.05, 3.63) is 35.4 Å². The number of amides is 2. The molecule has 2 amide bonds. The van der Waals surface area contributed by atoms with Crippen LogP contribution < -0.4 is 10.6 Å². The molecule has 0 radical (unpaired) electrons. The molecule has 1 aromatic rings. The van der Waals surface area contributed by atoms with Gasteiger partial charge in [-0.05, 0) is 55.7 Å². The predicted octanol–water partition coefficient (Wildman–Crippen LogP) is 1.94. The summed E-state index contributed by atoms with van der Waals surface area (Å²) in [6.07, 6.45) is 5.91. The molecule has 22 heavy (non-hydrogen) atoms. The second-order valence-corrected chi connectivity index (χ2v) is 7.11. The number of urea groups is 1. The van der Waals surface area contributed by atoms with Gasteiger partial charge < -0.3 is 15.5 Å². The number of nitrogens with one attached hydrogen (secondary N) is 2. The highest BCUT2D eigenvalue weighted by molar-refractivity contribution is 5.74. The van der Waals surface area contributed by atoms with Crippen LogP contribution in [0.15, 0.2) is 24.3 Å². The van der Waals surface area contributed by atoms with Crippen molar-refractivity contribution < 1.29 is 4.79 Å². The summed E-state index contributed by atoms with van der Waals surface area (Å²) in [7, 11) is 0. The molecule has 2 fully saturated rings. The van der Waals surface area contributed by atoms with Gasteiger partial charge >= 0.3 is 6.03 Å². The Morgan fingerprint density at radius 2 is 1.86 bits per heavy atom. The summed E-state index contributed by atoms with van der Waals surface area (Å²) in [6.45, 7) is 3.20. The fraction of sp³-hybridized carbons (Fsp3) is 0.611. The van der Waals surface area contributed by atoms with E-state index in [1.165, 1.54) is 43.5 Å². The first-order valence-electron chi connectivity index (χ1n) is 8.63. The van der Waals surface area contributed by atoms with E-state index in [9.17, 15) is 4.79 Å². The molecule has 1 aliphatic heterocycles. The largest absolute Gasteiger partial charge is 0.338 e. The Kier molecular flexibility index (Phi) is 3.78. The number of benzene rings is 1. The number of fused-ring (bicyclic) bond motifs is 1. The maximum Gasteiger partial charge on any atom is 0.315 e. The average molecular weight is 299 g/mol. The van der Waals surface area contributed by atoms with Crippen LogP contribution in [0, 0.1) is 5.92 Å². The molecule has 1 saturated heterocycles. The van der Waals surface area contributed by atoms with Crippen LogP contribution in [-0.2, 0) is 12.8 Å². The normalized spacial score (nSPS) is 25.2. The minimum atomic E-state index is 0.00248. The molecule has 1 atom stereocenters. The van der Waals surface area contributed by atoms with Gasteiger partial charge in [-0.15, -0.1) is 0 Å². The summed E-state index contributed by atoms with van der Waals surface area (Å²) in [5.41, 5.74) is 2.76. The summed E-state index contributed by atoms with van der Waals surface area (Å²) in [5.74, 6) is 0.632. The summed E-state index contributed by atoms with van der Waals surface area (Å²) in [4.78, 5) is 14.7. The predicted molar refractivity (Wildman–Crippen MR) is 86.9 cm³/mol. The minimum absolute atomic E-state index is 0.00248. The Morgan fingerprint density at radius 1 is 1.14 bits per heavy atom. The third kappa shape index (κ3) is 3.12. The standard InChI is InChI=1S/C18H25N3O/c22-18(19-11-13-7-8-21(12-13)17-5-6-17)20-16-9-14-3-1-2-4-15(14)10-16/h1-4,13,16-17H,5-12H2,(H2,19,20,22)/t13-/m1/s1. The van der Waals surface area contributed by atoms with E-state index in [0.717, 1.165) is 25.4 Å². The third-order valence-electron chi connectivity index (χ3n) is 5.32. The molecule has 1 aromatic carbocycles. The van der Waals surface area contributed by atoms with E-state index >= 15 is 0 Å². The van der Waals surface area contributed by atoms with Gasteiger partial charge in [-0.2, -0.15) is 0 Å². The van der Waals surface area contributed by atoms with Crippen molar-refractivity contribution in [3.8, 4) is 0 Å². The van der Waals surface area contributed by atoms with Crippen molar-refractivity contribution in [3.63, 3.8) is 0 Å². The molecule has 2 N–H and O–H groups in total. The number of hydrogen-bond donors (Lipinski definition) is 2. The third-order valence-corrected chi connectivity index (χ3v) is 5.32. The highest BCUT2D eigenvalue weighted by atomic mass is 16.2. The van der Waals surface area contributed by atoms with E-state index in [0.29, 0.717) is 5.92 Å². The molecule has 1 heterocycles. The van der Waals surface area contributed by atoms with Crippen molar-refractivity contribution >= 4 is 6.03 Å². The van der Waals surface area contributed by atoms with Crippen molar-refractivity contribution in [1.29, 1.82) is 0 Å². The molecular formula is C18H25N3O. The van der Waals surface area contributed by atoms with E-state index in [2.05, 4.69) is 39.8 Å². The van der Waals surface area contributed by atoms with E-state index in [4.69, 9.17) is 0 Å². The maximum absolute atomic E-state index is 12.1. The van der Waals surface area contributed by atoms with E-state index in [1.54, 1.807) is 0 Å². The molecule has 4 rings (SSSR count). The van der Waals surface area contributed by atoms with Gasteiger partial charge in [-0.25, -0.2) is 4.79 Å². The topological polar surface area (TPSA) is 44.4 Å². The monoisotopic (exact) mass is 299 g/mol. The van der Waals surface area contributed by atoms with Crippen molar-refractivity contribution in [2.75, 3.05) is 19.6 Å². The molecule has 0 unspecified atom stereocenters. The first kappa shape index (κ1) is 14.1. The molecule has 118 valence electrons. The van der Waals surface area contributed by atoms with E-state index < -0.39 is 0 Å². The van der Waals surface area contributed by atoms with Gasteiger partial charge in [0.1, 0.15) is 0 Å². The molecule has 1 saturated carbocycles. The number of rotatable bonds is 4. The van der Waals surface area contributed by atoms with Crippen LogP contribution in [0.1, 0.15) is 30.4 Å². The summed E-state index contributed by atoms with van der Waals surface area (Å²) in [6, 6.07) is 9.60. The summed E-state index contributed by atoms with van der Waals surface area (Å²) < 4.78 is 0.